The SMILES string of the molecule is CNc1ccc(Cl)c(C(=O)N(CCN(C)C)CC(C)C)n1. The normalized spacial score (nSPS) is 11.0. The number of pyridine rings is 1. The second-order valence-electron chi connectivity index (χ2n) is 5.73. The predicted molar refractivity (Wildman–Crippen MR) is 88.1 cm³/mol. The van der Waals surface area contributed by atoms with E-state index in [1.54, 1.807) is 19.2 Å². The van der Waals surface area contributed by atoms with Gasteiger partial charge in [-0.3, -0.25) is 4.79 Å². The fourth-order valence-corrected chi connectivity index (χ4v) is 2.10. The Bertz CT molecular complexity index is 477. The molecule has 0 unspecified atom stereocenters. The molecule has 1 aromatic rings. The molecule has 0 spiro atoms. The third kappa shape index (κ3) is 5.52. The predicted octanol–water partition coefficient (Wildman–Crippen LogP) is 2.44. The fraction of sp³-hybridized carbons (Fsp3) is 0.600. The van der Waals surface area contributed by atoms with Gasteiger partial charge in [0.2, 0.25) is 0 Å². The first-order chi connectivity index (χ1) is 9.85. The Balaban J connectivity index is 2.97. The van der Waals surface area contributed by atoms with Gasteiger partial charge in [-0.15, -0.1) is 0 Å². The lowest BCUT2D eigenvalue weighted by molar-refractivity contribution is 0.0719. The summed E-state index contributed by atoms with van der Waals surface area (Å²) in [6.07, 6.45) is 0. The summed E-state index contributed by atoms with van der Waals surface area (Å²) < 4.78 is 0. The lowest BCUT2D eigenvalue weighted by Crippen LogP contribution is -2.39. The quantitative estimate of drug-likeness (QED) is 0.840. The minimum atomic E-state index is -0.118. The summed E-state index contributed by atoms with van der Waals surface area (Å²) in [7, 11) is 5.75. The summed E-state index contributed by atoms with van der Waals surface area (Å²) in [6.45, 7) is 6.34. The number of halogens is 1. The van der Waals surface area contributed by atoms with Crippen molar-refractivity contribution in [3.63, 3.8) is 0 Å². The molecule has 0 aliphatic carbocycles. The maximum Gasteiger partial charge on any atom is 0.274 e. The smallest absolute Gasteiger partial charge is 0.274 e. The van der Waals surface area contributed by atoms with Gasteiger partial charge in [0.15, 0.2) is 0 Å². The molecule has 0 saturated heterocycles. The van der Waals surface area contributed by atoms with Gasteiger partial charge in [-0.2, -0.15) is 0 Å². The molecule has 0 fully saturated rings. The van der Waals surface area contributed by atoms with Gasteiger partial charge in [-0.1, -0.05) is 25.4 Å². The molecule has 118 valence electrons. The molecular formula is C15H25ClN4O. The summed E-state index contributed by atoms with van der Waals surface area (Å²) >= 11 is 6.14. The summed E-state index contributed by atoms with van der Waals surface area (Å²) in [4.78, 5) is 20.9. The van der Waals surface area contributed by atoms with Crippen LogP contribution in [0.1, 0.15) is 24.3 Å². The first-order valence-electron chi connectivity index (χ1n) is 7.13. The third-order valence-electron chi connectivity index (χ3n) is 2.99. The van der Waals surface area contributed by atoms with E-state index >= 15 is 0 Å². The van der Waals surface area contributed by atoms with E-state index < -0.39 is 0 Å². The molecular weight excluding hydrogens is 288 g/mol. The molecule has 1 heterocycles. The van der Waals surface area contributed by atoms with Gasteiger partial charge in [-0.05, 0) is 32.1 Å². The number of rotatable bonds is 7. The molecule has 5 nitrogen and oxygen atoms in total. The van der Waals surface area contributed by atoms with Crippen LogP contribution in [0.4, 0.5) is 5.82 Å². The van der Waals surface area contributed by atoms with Crippen molar-refractivity contribution in [3.05, 3.63) is 22.8 Å². The number of nitrogens with zero attached hydrogens (tertiary/aromatic N) is 3. The van der Waals surface area contributed by atoms with Crippen LogP contribution in [0.3, 0.4) is 0 Å². The van der Waals surface area contributed by atoms with Crippen molar-refractivity contribution in [3.8, 4) is 0 Å². The number of carbonyl (C=O) groups excluding carboxylic acids is 1. The first kappa shape index (κ1) is 17.7. The van der Waals surface area contributed by atoms with Crippen LogP contribution < -0.4 is 5.32 Å². The van der Waals surface area contributed by atoms with Crippen molar-refractivity contribution in [1.29, 1.82) is 0 Å². The number of carbonyl (C=O) groups is 1. The molecule has 0 aliphatic heterocycles. The average molecular weight is 313 g/mol. The van der Waals surface area contributed by atoms with Crippen LogP contribution in [0, 0.1) is 5.92 Å². The van der Waals surface area contributed by atoms with Gasteiger partial charge >= 0.3 is 0 Å². The standard InChI is InChI=1S/C15H25ClN4O/c1-11(2)10-20(9-8-19(4)5)15(21)14-12(16)6-7-13(17-3)18-14/h6-7,11H,8-10H2,1-5H3,(H,17,18). The number of hydrogen-bond acceptors (Lipinski definition) is 4. The Morgan fingerprint density at radius 2 is 2.00 bits per heavy atom. The highest BCUT2D eigenvalue weighted by Crippen LogP contribution is 2.19. The Kier molecular flexibility index (Phi) is 6.92. The molecule has 0 atom stereocenters. The van der Waals surface area contributed by atoms with Crippen LogP contribution in [-0.2, 0) is 0 Å². The van der Waals surface area contributed by atoms with Gasteiger partial charge < -0.3 is 15.1 Å². The summed E-state index contributed by atoms with van der Waals surface area (Å²) in [6, 6.07) is 3.46. The van der Waals surface area contributed by atoms with E-state index in [2.05, 4.69) is 29.0 Å². The van der Waals surface area contributed by atoms with Crippen molar-refractivity contribution < 1.29 is 4.79 Å². The highest BCUT2D eigenvalue weighted by Gasteiger charge is 2.21. The van der Waals surface area contributed by atoms with Gasteiger partial charge in [0.05, 0.1) is 5.02 Å². The molecule has 0 radical (unpaired) electrons. The second-order valence-corrected chi connectivity index (χ2v) is 6.13. The zero-order valence-corrected chi connectivity index (χ0v) is 14.2. The highest BCUT2D eigenvalue weighted by molar-refractivity contribution is 6.33. The van der Waals surface area contributed by atoms with Crippen molar-refractivity contribution in [2.24, 2.45) is 5.92 Å². The van der Waals surface area contributed by atoms with Crippen LogP contribution >= 0.6 is 11.6 Å². The zero-order valence-electron chi connectivity index (χ0n) is 13.5. The topological polar surface area (TPSA) is 48.5 Å². The zero-order chi connectivity index (χ0) is 16.0. The lowest BCUT2D eigenvalue weighted by atomic mass is 10.2. The summed E-state index contributed by atoms with van der Waals surface area (Å²) in [5.74, 6) is 0.912. The number of aromatic nitrogens is 1. The first-order valence-corrected chi connectivity index (χ1v) is 7.51. The second kappa shape index (κ2) is 8.20. The van der Waals surface area contributed by atoms with Crippen LogP contribution in [0.5, 0.6) is 0 Å². The van der Waals surface area contributed by atoms with E-state index in [4.69, 9.17) is 11.6 Å². The van der Waals surface area contributed by atoms with E-state index in [1.807, 2.05) is 19.0 Å². The van der Waals surface area contributed by atoms with Crippen molar-refractivity contribution >= 4 is 23.3 Å². The van der Waals surface area contributed by atoms with Gasteiger partial charge in [0, 0.05) is 26.7 Å². The van der Waals surface area contributed by atoms with E-state index in [-0.39, 0.29) is 5.91 Å². The van der Waals surface area contributed by atoms with Gasteiger partial charge in [0.1, 0.15) is 11.5 Å². The van der Waals surface area contributed by atoms with Crippen LogP contribution in [0.25, 0.3) is 0 Å². The van der Waals surface area contributed by atoms with Crippen LogP contribution in [0.15, 0.2) is 12.1 Å². The van der Waals surface area contributed by atoms with Crippen LogP contribution in [-0.4, -0.2) is 61.5 Å². The van der Waals surface area contributed by atoms with E-state index in [0.717, 1.165) is 6.54 Å². The number of hydrogen-bond donors (Lipinski definition) is 1. The molecule has 6 heteroatoms. The Morgan fingerprint density at radius 1 is 1.33 bits per heavy atom. The van der Waals surface area contributed by atoms with Gasteiger partial charge in [0.25, 0.3) is 5.91 Å². The van der Waals surface area contributed by atoms with E-state index in [9.17, 15) is 4.79 Å². The molecule has 0 aromatic carbocycles. The molecule has 1 N–H and O–H groups in total. The molecule has 0 aliphatic rings. The minimum absolute atomic E-state index is 0.118. The fourth-order valence-electron chi connectivity index (χ4n) is 1.92. The van der Waals surface area contributed by atoms with E-state index in [1.165, 1.54) is 0 Å². The number of likely N-dealkylation sites (N-methyl/N-ethyl adjacent to an activating group) is 1. The van der Waals surface area contributed by atoms with Gasteiger partial charge in [-0.25, -0.2) is 4.98 Å². The molecule has 1 amide bonds. The maximum absolute atomic E-state index is 12.7. The number of nitrogens with one attached hydrogen (secondary N) is 1. The van der Waals surface area contributed by atoms with Crippen molar-refractivity contribution in [2.45, 2.75) is 13.8 Å². The van der Waals surface area contributed by atoms with Crippen molar-refractivity contribution in [1.82, 2.24) is 14.8 Å². The average Bonchev–Trinajstić information content (AvgIpc) is 2.42. The molecule has 1 rings (SSSR count). The lowest BCUT2D eigenvalue weighted by Gasteiger charge is -2.26. The number of anilines is 1. The van der Waals surface area contributed by atoms with Crippen LogP contribution in [0.2, 0.25) is 5.02 Å². The molecule has 0 saturated carbocycles. The summed E-state index contributed by atoms with van der Waals surface area (Å²) in [5.41, 5.74) is 0.308. The maximum atomic E-state index is 12.7. The molecule has 21 heavy (non-hydrogen) atoms. The number of amides is 1. The van der Waals surface area contributed by atoms with E-state index in [0.29, 0.717) is 35.5 Å². The highest BCUT2D eigenvalue weighted by atomic mass is 35.5. The monoisotopic (exact) mass is 312 g/mol. The molecule has 1 aromatic heterocycles. The summed E-state index contributed by atoms with van der Waals surface area (Å²) in [5, 5.41) is 3.32. The minimum Gasteiger partial charge on any atom is -0.373 e. The Labute approximate surface area is 132 Å². The Hall–Kier alpha value is -1.33. The Morgan fingerprint density at radius 3 is 2.52 bits per heavy atom. The largest absolute Gasteiger partial charge is 0.373 e. The van der Waals surface area contributed by atoms with Crippen molar-refractivity contribution in [2.75, 3.05) is 46.1 Å². The molecule has 0 bridgehead atoms. The third-order valence-corrected chi connectivity index (χ3v) is 3.30.